The van der Waals surface area contributed by atoms with Gasteiger partial charge in [-0.3, -0.25) is 4.79 Å². The molecule has 1 fully saturated rings. The molecule has 3 nitrogen and oxygen atoms in total. The van der Waals surface area contributed by atoms with Crippen molar-refractivity contribution in [2.45, 2.75) is 12.3 Å². The molecule has 80 valence electrons. The van der Waals surface area contributed by atoms with Gasteiger partial charge in [0.2, 0.25) is 0 Å². The predicted octanol–water partition coefficient (Wildman–Crippen LogP) is 2.65. The van der Waals surface area contributed by atoms with Crippen molar-refractivity contribution in [1.29, 1.82) is 0 Å². The van der Waals surface area contributed by atoms with Gasteiger partial charge in [-0.1, -0.05) is 12.1 Å². The number of halogens is 1. The smallest absolute Gasteiger partial charge is 0.307 e. The van der Waals surface area contributed by atoms with Crippen molar-refractivity contribution in [3.63, 3.8) is 0 Å². The monoisotopic (exact) mass is 270 g/mol. The second-order valence-electron chi connectivity index (χ2n) is 3.65. The Kier molecular flexibility index (Phi) is 2.69. The summed E-state index contributed by atoms with van der Waals surface area (Å²) in [4.78, 5) is 10.8. The van der Waals surface area contributed by atoms with Crippen LogP contribution in [0.3, 0.4) is 0 Å². The fourth-order valence-corrected chi connectivity index (χ4v) is 2.50. The molecule has 0 aliphatic heterocycles. The van der Waals surface area contributed by atoms with E-state index in [9.17, 15) is 4.79 Å². The molecule has 1 aliphatic rings. The molecular formula is C11H11BrO3. The number of hydrogen-bond acceptors (Lipinski definition) is 2. The van der Waals surface area contributed by atoms with Crippen molar-refractivity contribution >= 4 is 21.9 Å². The van der Waals surface area contributed by atoms with Crippen LogP contribution in [0.15, 0.2) is 22.7 Å². The Morgan fingerprint density at radius 2 is 2.33 bits per heavy atom. The number of ether oxygens (including phenoxy) is 1. The average molecular weight is 271 g/mol. The van der Waals surface area contributed by atoms with E-state index in [1.165, 1.54) is 0 Å². The minimum absolute atomic E-state index is 0.131. The van der Waals surface area contributed by atoms with E-state index in [1.807, 2.05) is 18.2 Å². The number of rotatable bonds is 3. The van der Waals surface area contributed by atoms with E-state index in [-0.39, 0.29) is 11.8 Å². The maximum absolute atomic E-state index is 10.8. The van der Waals surface area contributed by atoms with Gasteiger partial charge in [0.05, 0.1) is 17.5 Å². The summed E-state index contributed by atoms with van der Waals surface area (Å²) in [5.41, 5.74) is 1.03. The molecule has 2 rings (SSSR count). The van der Waals surface area contributed by atoms with Gasteiger partial charge in [0.15, 0.2) is 0 Å². The molecular weight excluding hydrogens is 260 g/mol. The third-order valence-electron chi connectivity index (χ3n) is 2.72. The van der Waals surface area contributed by atoms with Gasteiger partial charge in [0, 0.05) is 0 Å². The van der Waals surface area contributed by atoms with Crippen LogP contribution in [0.2, 0.25) is 0 Å². The van der Waals surface area contributed by atoms with Gasteiger partial charge in [-0.25, -0.2) is 0 Å². The van der Waals surface area contributed by atoms with Crippen LogP contribution < -0.4 is 4.74 Å². The van der Waals surface area contributed by atoms with E-state index < -0.39 is 5.97 Å². The molecule has 0 bridgehead atoms. The third kappa shape index (κ3) is 1.86. The van der Waals surface area contributed by atoms with E-state index in [1.54, 1.807) is 7.11 Å². The maximum Gasteiger partial charge on any atom is 0.307 e. The number of carboxylic acid groups (broad SMARTS) is 1. The molecule has 2 atom stereocenters. The number of carboxylic acids is 1. The highest BCUT2D eigenvalue weighted by Crippen LogP contribution is 2.51. The molecule has 15 heavy (non-hydrogen) atoms. The van der Waals surface area contributed by atoms with Crippen LogP contribution in [0.5, 0.6) is 5.75 Å². The average Bonchev–Trinajstić information content (AvgIpc) is 2.98. The molecule has 0 heterocycles. The third-order valence-corrected chi connectivity index (χ3v) is 3.57. The minimum atomic E-state index is -0.713. The van der Waals surface area contributed by atoms with Gasteiger partial charge in [-0.2, -0.15) is 0 Å². The Balaban J connectivity index is 2.27. The summed E-state index contributed by atoms with van der Waals surface area (Å²) in [6.07, 6.45) is 0.723. The van der Waals surface area contributed by atoms with E-state index in [2.05, 4.69) is 15.9 Å². The Morgan fingerprint density at radius 3 is 2.87 bits per heavy atom. The van der Waals surface area contributed by atoms with E-state index in [0.717, 1.165) is 22.2 Å². The van der Waals surface area contributed by atoms with Gasteiger partial charge >= 0.3 is 5.97 Å². The highest BCUT2D eigenvalue weighted by Gasteiger charge is 2.45. The summed E-state index contributed by atoms with van der Waals surface area (Å²) in [5.74, 6) is -0.0568. The predicted molar refractivity (Wildman–Crippen MR) is 59.2 cm³/mol. The highest BCUT2D eigenvalue weighted by atomic mass is 79.9. The quantitative estimate of drug-likeness (QED) is 0.919. The first-order valence-electron chi connectivity index (χ1n) is 4.70. The Bertz CT molecular complexity index is 403. The summed E-state index contributed by atoms with van der Waals surface area (Å²) >= 11 is 3.44. The molecule has 0 aromatic heterocycles. The lowest BCUT2D eigenvalue weighted by Gasteiger charge is -2.07. The Labute approximate surface area is 96.2 Å². The number of carbonyl (C=O) groups is 1. The van der Waals surface area contributed by atoms with Crippen LogP contribution in [0, 0.1) is 5.92 Å². The lowest BCUT2D eigenvalue weighted by Crippen LogP contribution is -1.99. The largest absolute Gasteiger partial charge is 0.496 e. The van der Waals surface area contributed by atoms with Gasteiger partial charge in [0.1, 0.15) is 5.75 Å². The lowest BCUT2D eigenvalue weighted by molar-refractivity contribution is -0.138. The zero-order chi connectivity index (χ0) is 11.0. The molecule has 0 amide bonds. The van der Waals surface area contributed by atoms with Crippen LogP contribution in [-0.2, 0) is 4.79 Å². The van der Waals surface area contributed by atoms with Crippen LogP contribution >= 0.6 is 15.9 Å². The van der Waals surface area contributed by atoms with Crippen molar-refractivity contribution in [2.24, 2.45) is 5.92 Å². The zero-order valence-corrected chi connectivity index (χ0v) is 9.82. The molecule has 0 radical (unpaired) electrons. The van der Waals surface area contributed by atoms with Crippen LogP contribution in [0.4, 0.5) is 0 Å². The van der Waals surface area contributed by atoms with Crippen molar-refractivity contribution in [2.75, 3.05) is 7.11 Å². The fraction of sp³-hybridized carbons (Fsp3) is 0.364. The number of methoxy groups -OCH3 is 1. The van der Waals surface area contributed by atoms with Crippen molar-refractivity contribution in [3.8, 4) is 5.75 Å². The molecule has 0 spiro atoms. The number of aliphatic carboxylic acids is 1. The molecule has 2 unspecified atom stereocenters. The van der Waals surface area contributed by atoms with E-state index in [4.69, 9.17) is 9.84 Å². The summed E-state index contributed by atoms with van der Waals surface area (Å²) in [6, 6.07) is 5.68. The van der Waals surface area contributed by atoms with E-state index >= 15 is 0 Å². The molecule has 1 aliphatic carbocycles. The second-order valence-corrected chi connectivity index (χ2v) is 4.44. The standard InChI is InChI=1S/C11H11BrO3/c1-15-9-4-2-3-6(10(9)12)7-5-8(7)11(13)14/h2-4,7-8H,5H2,1H3,(H,13,14). The van der Waals surface area contributed by atoms with Gasteiger partial charge < -0.3 is 9.84 Å². The highest BCUT2D eigenvalue weighted by molar-refractivity contribution is 9.10. The summed E-state index contributed by atoms with van der Waals surface area (Å²) in [7, 11) is 1.60. The van der Waals surface area contributed by atoms with Crippen LogP contribution in [0.1, 0.15) is 17.9 Å². The zero-order valence-electron chi connectivity index (χ0n) is 8.24. The SMILES string of the molecule is COc1cccc(C2CC2C(=O)O)c1Br. The van der Waals surface area contributed by atoms with Gasteiger partial charge in [-0.05, 0) is 39.9 Å². The lowest BCUT2D eigenvalue weighted by atomic mass is 10.1. The first-order chi connectivity index (χ1) is 7.15. The Hall–Kier alpha value is -1.03. The number of hydrogen-bond donors (Lipinski definition) is 1. The van der Waals surface area contributed by atoms with Crippen molar-refractivity contribution < 1.29 is 14.6 Å². The van der Waals surface area contributed by atoms with Crippen molar-refractivity contribution in [1.82, 2.24) is 0 Å². The fourth-order valence-electron chi connectivity index (χ4n) is 1.78. The summed E-state index contributed by atoms with van der Waals surface area (Å²) in [6.45, 7) is 0. The molecule has 1 aromatic rings. The molecule has 1 N–H and O–H groups in total. The Morgan fingerprint density at radius 1 is 1.60 bits per heavy atom. The van der Waals surface area contributed by atoms with Gasteiger partial charge in [-0.15, -0.1) is 0 Å². The van der Waals surface area contributed by atoms with Crippen molar-refractivity contribution in [3.05, 3.63) is 28.2 Å². The van der Waals surface area contributed by atoms with E-state index in [0.29, 0.717) is 0 Å². The normalized spacial score (nSPS) is 23.6. The van der Waals surface area contributed by atoms with Gasteiger partial charge in [0.25, 0.3) is 0 Å². The van der Waals surface area contributed by atoms with Crippen LogP contribution in [0.25, 0.3) is 0 Å². The summed E-state index contributed by atoms with van der Waals surface area (Å²) < 4.78 is 6.04. The minimum Gasteiger partial charge on any atom is -0.496 e. The first-order valence-corrected chi connectivity index (χ1v) is 5.49. The number of benzene rings is 1. The molecule has 0 saturated heterocycles. The summed E-state index contributed by atoms with van der Waals surface area (Å²) in [5, 5.41) is 8.86. The van der Waals surface area contributed by atoms with Crippen LogP contribution in [-0.4, -0.2) is 18.2 Å². The maximum atomic E-state index is 10.8. The molecule has 4 heteroatoms. The first kappa shape index (κ1) is 10.5. The second kappa shape index (κ2) is 3.85. The topological polar surface area (TPSA) is 46.5 Å². The molecule has 1 saturated carbocycles. The molecule has 1 aromatic carbocycles.